The second-order valence-corrected chi connectivity index (χ2v) is 2.81. The highest BCUT2D eigenvalue weighted by Gasteiger charge is 2.20. The summed E-state index contributed by atoms with van der Waals surface area (Å²) in [4.78, 5) is 25.0. The van der Waals surface area contributed by atoms with Crippen LogP contribution in [0.25, 0.3) is 0 Å². The monoisotopic (exact) mass is 179 g/mol. The average molecular weight is 179 g/mol. The average Bonchev–Trinajstić information content (AvgIpc) is 2.03. The van der Waals surface area contributed by atoms with E-state index in [1.54, 1.807) is 19.8 Å². The Labute approximate surface area is 75.3 Å². The zero-order valence-electron chi connectivity index (χ0n) is 7.37. The minimum absolute atomic E-state index is 0.0662. The molecule has 4 heteroatoms. The number of hydrogen-bond acceptors (Lipinski definition) is 3. The van der Waals surface area contributed by atoms with Gasteiger partial charge in [0.15, 0.2) is 0 Å². The number of aliphatic imine (C=N–C) groups is 1. The molecular formula is C9H9NO3. The summed E-state index contributed by atoms with van der Waals surface area (Å²) in [5.41, 5.74) is 0.790. The summed E-state index contributed by atoms with van der Waals surface area (Å²) in [7, 11) is 0. The van der Waals surface area contributed by atoms with Gasteiger partial charge in [0.1, 0.15) is 5.94 Å². The first-order chi connectivity index (χ1) is 6.06. The van der Waals surface area contributed by atoms with Gasteiger partial charge in [0.25, 0.3) is 0 Å². The number of aliphatic carboxylic acids is 1. The molecule has 0 bridgehead atoms. The number of carbonyl (C=O) groups is 1. The molecule has 0 amide bonds. The summed E-state index contributed by atoms with van der Waals surface area (Å²) in [6.45, 7) is 3.33. The van der Waals surface area contributed by atoms with Gasteiger partial charge < -0.3 is 5.11 Å². The lowest BCUT2D eigenvalue weighted by molar-refractivity contribution is -0.132. The van der Waals surface area contributed by atoms with Crippen molar-refractivity contribution in [2.75, 3.05) is 0 Å². The smallest absolute Gasteiger partial charge is 0.337 e. The fraction of sp³-hybridized carbons (Fsp3) is 0.333. The summed E-state index contributed by atoms with van der Waals surface area (Å²) in [5, 5.41) is 8.72. The van der Waals surface area contributed by atoms with Gasteiger partial charge in [-0.25, -0.2) is 9.59 Å². The molecule has 1 aliphatic heterocycles. The molecule has 0 radical (unpaired) electrons. The lowest BCUT2D eigenvalue weighted by Crippen LogP contribution is -2.19. The SMILES string of the molecule is CC1=NC(C)C(=C=O)C=C1C(=O)O. The van der Waals surface area contributed by atoms with Crippen LogP contribution in [-0.2, 0) is 9.59 Å². The molecule has 0 aromatic rings. The first-order valence-electron chi connectivity index (χ1n) is 3.81. The number of nitrogens with zero attached hydrogens (tertiary/aromatic N) is 1. The van der Waals surface area contributed by atoms with Crippen molar-refractivity contribution in [1.82, 2.24) is 0 Å². The summed E-state index contributed by atoms with van der Waals surface area (Å²) in [6.07, 6.45) is 1.32. The van der Waals surface area contributed by atoms with E-state index in [1.807, 2.05) is 0 Å². The summed E-state index contributed by atoms with van der Waals surface area (Å²) in [5.74, 6) is 0.610. The molecule has 68 valence electrons. The van der Waals surface area contributed by atoms with Crippen LogP contribution in [0.15, 0.2) is 22.2 Å². The Kier molecular flexibility index (Phi) is 2.44. The van der Waals surface area contributed by atoms with Crippen molar-refractivity contribution in [3.63, 3.8) is 0 Å². The maximum atomic E-state index is 10.6. The van der Waals surface area contributed by atoms with E-state index in [9.17, 15) is 9.59 Å². The molecule has 1 unspecified atom stereocenters. The van der Waals surface area contributed by atoms with E-state index in [0.717, 1.165) is 0 Å². The number of hydrogen-bond donors (Lipinski definition) is 1. The Bertz CT molecular complexity index is 359. The van der Waals surface area contributed by atoms with E-state index in [-0.39, 0.29) is 17.2 Å². The van der Waals surface area contributed by atoms with E-state index in [1.165, 1.54) is 6.08 Å². The molecule has 0 aliphatic carbocycles. The van der Waals surface area contributed by atoms with Crippen molar-refractivity contribution in [2.24, 2.45) is 4.99 Å². The van der Waals surface area contributed by atoms with Crippen LogP contribution < -0.4 is 0 Å². The van der Waals surface area contributed by atoms with Crippen LogP contribution in [0.4, 0.5) is 0 Å². The van der Waals surface area contributed by atoms with Crippen LogP contribution in [0.5, 0.6) is 0 Å². The van der Waals surface area contributed by atoms with Crippen LogP contribution in [-0.4, -0.2) is 28.8 Å². The van der Waals surface area contributed by atoms with Gasteiger partial charge in [0.05, 0.1) is 17.2 Å². The summed E-state index contributed by atoms with van der Waals surface area (Å²) >= 11 is 0. The van der Waals surface area contributed by atoms with Gasteiger partial charge in [-0.2, -0.15) is 0 Å². The summed E-state index contributed by atoms with van der Waals surface area (Å²) < 4.78 is 0. The molecule has 0 aromatic heterocycles. The predicted octanol–water partition coefficient (Wildman–Crippen LogP) is 0.618. The normalized spacial score (nSPS) is 21.7. The first kappa shape index (κ1) is 9.42. The van der Waals surface area contributed by atoms with Crippen molar-refractivity contribution >= 4 is 17.6 Å². The molecule has 1 atom stereocenters. The van der Waals surface area contributed by atoms with E-state index < -0.39 is 5.97 Å². The Morgan fingerprint density at radius 2 is 2.31 bits per heavy atom. The standard InChI is InChI=1S/C9H9NO3/c1-5-7(4-11)3-8(9(12)13)6(2)10-5/h3,5H,1-2H3,(H,12,13). The molecule has 0 saturated carbocycles. The van der Waals surface area contributed by atoms with Crippen LogP contribution in [0.1, 0.15) is 13.8 Å². The quantitative estimate of drug-likeness (QED) is 0.600. The third-order valence-electron chi connectivity index (χ3n) is 1.88. The minimum Gasteiger partial charge on any atom is -0.478 e. The fourth-order valence-corrected chi connectivity index (χ4v) is 1.14. The van der Waals surface area contributed by atoms with Crippen molar-refractivity contribution < 1.29 is 14.7 Å². The van der Waals surface area contributed by atoms with Crippen molar-refractivity contribution in [1.29, 1.82) is 0 Å². The minimum atomic E-state index is -1.07. The Morgan fingerprint density at radius 3 is 2.77 bits per heavy atom. The fourth-order valence-electron chi connectivity index (χ4n) is 1.14. The molecule has 0 saturated heterocycles. The Balaban J connectivity index is 3.18. The largest absolute Gasteiger partial charge is 0.478 e. The van der Waals surface area contributed by atoms with Gasteiger partial charge in [-0.15, -0.1) is 0 Å². The van der Waals surface area contributed by atoms with Crippen LogP contribution >= 0.6 is 0 Å². The molecular weight excluding hydrogens is 170 g/mol. The molecule has 0 spiro atoms. The molecule has 1 aliphatic rings. The number of dihydropyridines is 1. The number of carboxylic acids is 1. The Hall–Kier alpha value is -1.67. The maximum Gasteiger partial charge on any atom is 0.337 e. The highest BCUT2D eigenvalue weighted by atomic mass is 16.4. The molecule has 1 N–H and O–H groups in total. The number of rotatable bonds is 1. The van der Waals surface area contributed by atoms with Crippen molar-refractivity contribution in [3.8, 4) is 0 Å². The first-order valence-corrected chi connectivity index (χ1v) is 3.81. The van der Waals surface area contributed by atoms with Crippen LogP contribution in [0.2, 0.25) is 0 Å². The van der Waals surface area contributed by atoms with Gasteiger partial charge >= 0.3 is 5.97 Å². The number of carbonyl (C=O) groups excluding carboxylic acids is 1. The third-order valence-corrected chi connectivity index (χ3v) is 1.88. The molecule has 1 heterocycles. The van der Waals surface area contributed by atoms with E-state index in [0.29, 0.717) is 5.71 Å². The highest BCUT2D eigenvalue weighted by Crippen LogP contribution is 2.16. The zero-order valence-corrected chi connectivity index (χ0v) is 7.37. The van der Waals surface area contributed by atoms with Gasteiger partial charge in [-0.3, -0.25) is 4.99 Å². The van der Waals surface area contributed by atoms with E-state index in [4.69, 9.17) is 5.11 Å². The van der Waals surface area contributed by atoms with Crippen molar-refractivity contribution in [3.05, 3.63) is 17.2 Å². The molecule has 13 heavy (non-hydrogen) atoms. The van der Waals surface area contributed by atoms with E-state index >= 15 is 0 Å². The second kappa shape index (κ2) is 3.37. The molecule has 4 nitrogen and oxygen atoms in total. The lowest BCUT2D eigenvalue weighted by Gasteiger charge is -2.13. The molecule has 0 fully saturated rings. The number of carboxylic acid groups (broad SMARTS) is 1. The van der Waals surface area contributed by atoms with E-state index in [2.05, 4.69) is 4.99 Å². The Morgan fingerprint density at radius 1 is 1.69 bits per heavy atom. The van der Waals surface area contributed by atoms with Crippen LogP contribution in [0, 0.1) is 0 Å². The van der Waals surface area contributed by atoms with Gasteiger partial charge in [-0.1, -0.05) is 0 Å². The lowest BCUT2D eigenvalue weighted by atomic mass is 10.0. The van der Waals surface area contributed by atoms with Crippen molar-refractivity contribution in [2.45, 2.75) is 19.9 Å². The topological polar surface area (TPSA) is 66.7 Å². The summed E-state index contributed by atoms with van der Waals surface area (Å²) in [6, 6.07) is -0.291. The second-order valence-electron chi connectivity index (χ2n) is 2.81. The van der Waals surface area contributed by atoms with Gasteiger partial charge in [0.2, 0.25) is 0 Å². The highest BCUT2D eigenvalue weighted by molar-refractivity contribution is 6.19. The van der Waals surface area contributed by atoms with Gasteiger partial charge in [-0.05, 0) is 19.9 Å². The van der Waals surface area contributed by atoms with Gasteiger partial charge in [0, 0.05) is 5.71 Å². The third kappa shape index (κ3) is 1.73. The zero-order chi connectivity index (χ0) is 10.0. The van der Waals surface area contributed by atoms with Crippen LogP contribution in [0.3, 0.4) is 0 Å². The maximum absolute atomic E-state index is 10.6. The predicted molar refractivity (Wildman–Crippen MR) is 47.5 cm³/mol. The molecule has 1 rings (SSSR count). The molecule has 0 aromatic carbocycles.